The van der Waals surface area contributed by atoms with Gasteiger partial charge < -0.3 is 19.5 Å². The van der Waals surface area contributed by atoms with Crippen LogP contribution in [0.2, 0.25) is 0 Å². The Hall–Kier alpha value is -4.09. The summed E-state index contributed by atoms with van der Waals surface area (Å²) in [5.74, 6) is -0.611. The van der Waals surface area contributed by atoms with Gasteiger partial charge in [0.1, 0.15) is 30.3 Å². The summed E-state index contributed by atoms with van der Waals surface area (Å²) in [6.45, 7) is 18.3. The average Bonchev–Trinajstić information content (AvgIpc) is 3.62. The van der Waals surface area contributed by atoms with E-state index < -0.39 is 40.9 Å². The van der Waals surface area contributed by atoms with Gasteiger partial charge in [-0.3, -0.25) is 19.2 Å². The number of ether oxygens (including phenoxy) is 3. The monoisotopic (exact) mass is 788 g/mol. The number of carbonyl (C=O) groups excluding carboxylic acids is 4. The molecule has 310 valence electrons. The predicted molar refractivity (Wildman–Crippen MR) is 210 cm³/mol. The Kier molecular flexibility index (Phi) is 10.5. The van der Waals surface area contributed by atoms with E-state index in [9.17, 15) is 23.6 Å². The summed E-state index contributed by atoms with van der Waals surface area (Å²) < 4.78 is 33.3. The fourth-order valence-corrected chi connectivity index (χ4v) is 13.4. The number of nitrogens with one attached hydrogen (secondary N) is 1. The van der Waals surface area contributed by atoms with E-state index in [1.54, 1.807) is 18.3 Å². The van der Waals surface area contributed by atoms with Crippen LogP contribution < -0.4 is 5.32 Å². The Morgan fingerprint density at radius 2 is 1.67 bits per heavy atom. The minimum atomic E-state index is -0.799. The van der Waals surface area contributed by atoms with Gasteiger partial charge in [-0.2, -0.15) is 0 Å². The fourth-order valence-electron chi connectivity index (χ4n) is 13.4. The summed E-state index contributed by atoms with van der Waals surface area (Å²) >= 11 is 0. The molecule has 0 unspecified atom stereocenters. The summed E-state index contributed by atoms with van der Waals surface area (Å²) in [6, 6.07) is 6.17. The lowest BCUT2D eigenvalue weighted by molar-refractivity contribution is -0.255. The number of benzene rings is 1. The number of amides is 1. The lowest BCUT2D eigenvalue weighted by Crippen LogP contribution is -2.69. The first-order valence-electron chi connectivity index (χ1n) is 20.9. The first-order chi connectivity index (χ1) is 26.8. The number of aromatic nitrogens is 3. The van der Waals surface area contributed by atoms with Crippen LogP contribution in [0.25, 0.3) is 5.69 Å². The number of allylic oxidation sites excluding steroid dienone is 2. The van der Waals surface area contributed by atoms with Gasteiger partial charge in [-0.05, 0) is 115 Å². The van der Waals surface area contributed by atoms with E-state index in [1.807, 2.05) is 6.92 Å². The summed E-state index contributed by atoms with van der Waals surface area (Å²) in [6.07, 6.45) is 9.24. The second-order valence-corrected chi connectivity index (χ2v) is 19.3. The van der Waals surface area contributed by atoms with Gasteiger partial charge in [-0.25, -0.2) is 9.07 Å². The van der Waals surface area contributed by atoms with Gasteiger partial charge in [0.05, 0.1) is 23.8 Å². The Labute approximate surface area is 336 Å². The van der Waals surface area contributed by atoms with E-state index in [0.29, 0.717) is 23.7 Å². The van der Waals surface area contributed by atoms with Crippen molar-refractivity contribution in [3.63, 3.8) is 0 Å². The van der Waals surface area contributed by atoms with Gasteiger partial charge in [-0.15, -0.1) is 5.10 Å². The quantitative estimate of drug-likeness (QED) is 0.162. The van der Waals surface area contributed by atoms with Gasteiger partial charge in [0.2, 0.25) is 5.91 Å². The van der Waals surface area contributed by atoms with Gasteiger partial charge in [0.15, 0.2) is 0 Å². The number of nitrogens with zero attached hydrogens (tertiary/aromatic N) is 3. The highest BCUT2D eigenvalue weighted by atomic mass is 19.1. The molecule has 2 aromatic rings. The topological polar surface area (TPSA) is 139 Å². The van der Waals surface area contributed by atoms with Crippen LogP contribution in [-0.4, -0.2) is 57.6 Å². The fraction of sp³-hybridized carbons (Fsp3) is 0.689. The maximum absolute atomic E-state index is 14.7. The van der Waals surface area contributed by atoms with Crippen molar-refractivity contribution in [1.82, 2.24) is 20.3 Å². The van der Waals surface area contributed by atoms with E-state index >= 15 is 0 Å². The van der Waals surface area contributed by atoms with Crippen molar-refractivity contribution in [3.05, 3.63) is 53.6 Å². The van der Waals surface area contributed by atoms with Crippen LogP contribution >= 0.6 is 0 Å². The molecule has 0 radical (unpaired) electrons. The molecule has 57 heavy (non-hydrogen) atoms. The lowest BCUT2D eigenvalue weighted by Gasteiger charge is -2.72. The smallest absolute Gasteiger partial charge is 0.303 e. The van der Waals surface area contributed by atoms with Crippen LogP contribution in [0.5, 0.6) is 0 Å². The Bertz CT molecular complexity index is 1970. The predicted octanol–water partition coefficient (Wildman–Crippen LogP) is 7.70. The van der Waals surface area contributed by atoms with Gasteiger partial charge in [0.25, 0.3) is 0 Å². The number of hydrogen-bond acceptors (Lipinski definition) is 9. The highest BCUT2D eigenvalue weighted by molar-refractivity contribution is 5.84. The van der Waals surface area contributed by atoms with Crippen molar-refractivity contribution in [2.75, 3.05) is 6.61 Å². The van der Waals surface area contributed by atoms with Gasteiger partial charge in [0, 0.05) is 26.2 Å². The molecule has 0 bridgehead atoms. The molecule has 12 heteroatoms. The first kappa shape index (κ1) is 41.1. The van der Waals surface area contributed by atoms with Crippen molar-refractivity contribution >= 4 is 23.8 Å². The molecular formula is C45H61FN4O7. The number of halogens is 1. The molecular weight excluding hydrogens is 728 g/mol. The molecule has 11 nitrogen and oxygen atoms in total. The summed E-state index contributed by atoms with van der Waals surface area (Å²) in [4.78, 5) is 52.2. The largest absolute Gasteiger partial charge is 0.465 e. The van der Waals surface area contributed by atoms with Crippen LogP contribution in [0, 0.1) is 62.5 Å². The molecule has 1 aromatic carbocycles. The molecule has 1 N–H and O–H groups in total. The molecule has 0 aliphatic heterocycles. The highest BCUT2D eigenvalue weighted by Crippen LogP contribution is 2.76. The lowest BCUT2D eigenvalue weighted by atomic mass is 9.33. The number of esters is 3. The molecule has 5 aliphatic rings. The second-order valence-electron chi connectivity index (χ2n) is 19.3. The number of fused-ring (bicyclic) bond motifs is 7. The summed E-state index contributed by atoms with van der Waals surface area (Å²) in [5, 5.41) is 11.8. The SMILES string of the molecule is CC(=O)OC[C@@]1(C)[C@@H]2CC[C@]3(C)[C@H](CC=C4[C@@H]5[C@@H](C)[C@H](C)CC[C@]5(C(=O)NCc5cn(-c6cccc(F)c6)nn5)CC[C@]43C)[C@@]2(C)C[C@@H](OC(C)=O)[C@@H]1OC(C)=O. The summed E-state index contributed by atoms with van der Waals surface area (Å²) in [7, 11) is 0. The Morgan fingerprint density at radius 3 is 2.35 bits per heavy atom. The summed E-state index contributed by atoms with van der Waals surface area (Å²) in [5.41, 5.74) is 0.501. The van der Waals surface area contributed by atoms with E-state index in [2.05, 4.69) is 56.3 Å². The minimum Gasteiger partial charge on any atom is -0.465 e. The molecule has 7 rings (SSSR count). The zero-order valence-electron chi connectivity index (χ0n) is 35.2. The zero-order chi connectivity index (χ0) is 41.3. The van der Waals surface area contributed by atoms with Crippen molar-refractivity contribution in [1.29, 1.82) is 0 Å². The third-order valence-corrected chi connectivity index (χ3v) is 16.4. The minimum absolute atomic E-state index is 0.0121. The normalized spacial score (nSPS) is 39.5. The third-order valence-electron chi connectivity index (χ3n) is 16.4. The van der Waals surface area contributed by atoms with E-state index in [4.69, 9.17) is 14.2 Å². The third kappa shape index (κ3) is 6.61. The van der Waals surface area contributed by atoms with Crippen molar-refractivity contribution in [2.24, 2.45) is 56.7 Å². The number of rotatable bonds is 8. The van der Waals surface area contributed by atoms with E-state index in [0.717, 1.165) is 44.9 Å². The molecule has 1 amide bonds. The maximum atomic E-state index is 14.7. The van der Waals surface area contributed by atoms with Gasteiger partial charge >= 0.3 is 17.9 Å². The van der Waals surface area contributed by atoms with E-state index in [1.165, 1.54) is 43.2 Å². The second kappa shape index (κ2) is 14.6. The molecule has 12 atom stereocenters. The maximum Gasteiger partial charge on any atom is 0.303 e. The number of carbonyl (C=O) groups is 4. The first-order valence-corrected chi connectivity index (χ1v) is 20.9. The highest BCUT2D eigenvalue weighted by Gasteiger charge is 2.72. The molecule has 4 saturated carbocycles. The molecule has 0 spiro atoms. The molecule has 5 aliphatic carbocycles. The van der Waals surface area contributed by atoms with Crippen LogP contribution in [-0.2, 0) is 39.9 Å². The van der Waals surface area contributed by atoms with Crippen molar-refractivity contribution in [3.8, 4) is 5.69 Å². The van der Waals surface area contributed by atoms with Gasteiger partial charge in [-0.1, -0.05) is 64.5 Å². The number of hydrogen-bond donors (Lipinski definition) is 1. The van der Waals surface area contributed by atoms with Crippen molar-refractivity contribution < 1.29 is 37.8 Å². The van der Waals surface area contributed by atoms with Crippen LogP contribution in [0.15, 0.2) is 42.1 Å². The molecule has 4 fully saturated rings. The Morgan fingerprint density at radius 1 is 0.930 bits per heavy atom. The standard InChI is InChI=1S/C45H61FN4O7/c1-26-15-18-45(40(54)47-23-32-24-50(49-48-32)33-12-10-11-31(46)21-33)20-19-43(8)34(38(45)27(26)2)13-14-37-41(6)22-35(56-29(4)52)39(57-30(5)53)42(7,25-55-28(3)51)36(41)16-17-44(37,43)9/h10-13,21,24,26-27,35-39H,14-20,22-23,25H2,1-9H3,(H,47,54)/t26-,27+,35-,36-,37-,38+,39+,41+,42+,43-,44-,45+/m1/s1. The van der Waals surface area contributed by atoms with Crippen LogP contribution in [0.1, 0.15) is 119 Å². The van der Waals surface area contributed by atoms with E-state index in [-0.39, 0.29) is 64.8 Å². The zero-order valence-corrected chi connectivity index (χ0v) is 35.2. The Balaban J connectivity index is 1.22. The molecule has 1 aromatic heterocycles. The average molecular weight is 789 g/mol. The molecule has 0 saturated heterocycles. The van der Waals surface area contributed by atoms with Crippen LogP contribution in [0.4, 0.5) is 4.39 Å². The molecule has 1 heterocycles. The van der Waals surface area contributed by atoms with Crippen LogP contribution in [0.3, 0.4) is 0 Å². The van der Waals surface area contributed by atoms with Crippen molar-refractivity contribution in [2.45, 2.75) is 132 Å².